The fourth-order valence-electron chi connectivity index (χ4n) is 1.18. The van der Waals surface area contributed by atoms with Crippen LogP contribution in [0.2, 0.25) is 10.0 Å². The second-order valence-electron chi connectivity index (χ2n) is 4.92. The number of hydrogen-bond acceptors (Lipinski definition) is 4. The van der Waals surface area contributed by atoms with Crippen molar-refractivity contribution in [3.8, 4) is 0 Å². The summed E-state index contributed by atoms with van der Waals surface area (Å²) in [5.74, 6) is 0. The molecule has 0 spiro atoms. The molecule has 19 heavy (non-hydrogen) atoms. The van der Waals surface area contributed by atoms with Gasteiger partial charge in [-0.1, -0.05) is 37.0 Å². The van der Waals surface area contributed by atoms with Gasteiger partial charge in [-0.3, -0.25) is 0 Å². The third kappa shape index (κ3) is 3.97. The molecule has 0 aromatic heterocycles. The normalized spacial score (nSPS) is 12.7. The van der Waals surface area contributed by atoms with Crippen molar-refractivity contribution in [2.75, 3.05) is 18.9 Å². The van der Waals surface area contributed by atoms with Gasteiger partial charge in [-0.25, -0.2) is 13.1 Å². The van der Waals surface area contributed by atoms with Crippen molar-refractivity contribution < 1.29 is 13.5 Å². The first kappa shape index (κ1) is 16.5. The maximum absolute atomic E-state index is 12.1. The molecule has 108 valence electrons. The Balaban J connectivity index is 3.06. The summed E-state index contributed by atoms with van der Waals surface area (Å²) in [5.41, 5.74) is 5.04. The molecule has 1 rings (SSSR count). The first-order valence-electron chi connectivity index (χ1n) is 5.45. The number of aliphatic hydroxyl groups is 1. The molecule has 4 N–H and O–H groups in total. The highest BCUT2D eigenvalue weighted by atomic mass is 35.5. The van der Waals surface area contributed by atoms with Crippen LogP contribution in [-0.2, 0) is 10.0 Å². The van der Waals surface area contributed by atoms with Gasteiger partial charge in [-0.15, -0.1) is 0 Å². The molecule has 8 heteroatoms. The number of rotatable bonds is 5. The van der Waals surface area contributed by atoms with Gasteiger partial charge in [-0.05, 0) is 12.1 Å². The minimum absolute atomic E-state index is 0.0210. The fourth-order valence-corrected chi connectivity index (χ4v) is 3.19. The largest absolute Gasteiger partial charge is 0.396 e. The summed E-state index contributed by atoms with van der Waals surface area (Å²) in [4.78, 5) is -0.134. The van der Waals surface area contributed by atoms with Crippen LogP contribution in [0.5, 0.6) is 0 Å². The van der Waals surface area contributed by atoms with Crippen LogP contribution < -0.4 is 10.5 Å². The van der Waals surface area contributed by atoms with Gasteiger partial charge in [-0.2, -0.15) is 0 Å². The van der Waals surface area contributed by atoms with E-state index < -0.39 is 15.4 Å². The number of sulfonamides is 1. The van der Waals surface area contributed by atoms with Crippen LogP contribution in [0.15, 0.2) is 17.0 Å². The molecule has 0 fully saturated rings. The van der Waals surface area contributed by atoms with Crippen molar-refractivity contribution in [3.63, 3.8) is 0 Å². The standard InChI is InChI=1S/C11H16Cl2N2O3S/c1-11(2,6-16)5-15-19(17,18)8-4-3-7(12)10(14)9(8)13/h3-4,15-16H,5-6,14H2,1-2H3. The van der Waals surface area contributed by atoms with E-state index in [0.29, 0.717) is 0 Å². The van der Waals surface area contributed by atoms with Crippen molar-refractivity contribution in [1.82, 2.24) is 4.72 Å². The van der Waals surface area contributed by atoms with E-state index >= 15 is 0 Å². The highest BCUT2D eigenvalue weighted by molar-refractivity contribution is 7.89. The maximum atomic E-state index is 12.1. The summed E-state index contributed by atoms with van der Waals surface area (Å²) in [6.45, 7) is 3.39. The van der Waals surface area contributed by atoms with Crippen molar-refractivity contribution in [1.29, 1.82) is 0 Å². The number of anilines is 1. The SMILES string of the molecule is CC(C)(CO)CNS(=O)(=O)c1ccc(Cl)c(N)c1Cl. The lowest BCUT2D eigenvalue weighted by Crippen LogP contribution is -2.36. The molecular formula is C11H16Cl2N2O3S. The second-order valence-corrected chi connectivity index (χ2v) is 7.44. The molecular weight excluding hydrogens is 311 g/mol. The number of nitrogen functional groups attached to an aromatic ring is 1. The zero-order chi connectivity index (χ0) is 14.8. The summed E-state index contributed by atoms with van der Waals surface area (Å²) in [7, 11) is -3.81. The number of nitrogens with one attached hydrogen (secondary N) is 1. The average Bonchev–Trinajstić information content (AvgIpc) is 2.34. The van der Waals surface area contributed by atoms with Crippen molar-refractivity contribution in [3.05, 3.63) is 22.2 Å². The van der Waals surface area contributed by atoms with Gasteiger partial charge < -0.3 is 10.8 Å². The maximum Gasteiger partial charge on any atom is 0.242 e. The highest BCUT2D eigenvalue weighted by Gasteiger charge is 2.24. The lowest BCUT2D eigenvalue weighted by molar-refractivity contribution is 0.163. The van der Waals surface area contributed by atoms with E-state index in [1.807, 2.05) is 0 Å². The van der Waals surface area contributed by atoms with Gasteiger partial charge in [0.1, 0.15) is 4.90 Å². The molecule has 0 saturated heterocycles. The van der Waals surface area contributed by atoms with E-state index in [1.54, 1.807) is 13.8 Å². The van der Waals surface area contributed by atoms with Crippen LogP contribution in [0.4, 0.5) is 5.69 Å². The molecule has 0 amide bonds. The minimum Gasteiger partial charge on any atom is -0.396 e. The first-order chi connectivity index (χ1) is 8.60. The van der Waals surface area contributed by atoms with Crippen LogP contribution in [0.3, 0.4) is 0 Å². The first-order valence-corrected chi connectivity index (χ1v) is 7.68. The third-order valence-electron chi connectivity index (χ3n) is 2.55. The van der Waals surface area contributed by atoms with Gasteiger partial charge in [0.2, 0.25) is 10.0 Å². The van der Waals surface area contributed by atoms with E-state index in [4.69, 9.17) is 34.0 Å². The number of nitrogens with two attached hydrogens (primary N) is 1. The summed E-state index contributed by atoms with van der Waals surface area (Å²) >= 11 is 11.6. The molecule has 1 aromatic carbocycles. The number of halogens is 2. The predicted molar refractivity (Wildman–Crippen MR) is 76.9 cm³/mol. The van der Waals surface area contributed by atoms with E-state index in [9.17, 15) is 8.42 Å². The van der Waals surface area contributed by atoms with Crippen molar-refractivity contribution in [2.24, 2.45) is 5.41 Å². The molecule has 0 saturated carbocycles. The van der Waals surface area contributed by atoms with Crippen molar-refractivity contribution >= 4 is 38.9 Å². The van der Waals surface area contributed by atoms with Gasteiger partial charge in [0, 0.05) is 18.6 Å². The van der Waals surface area contributed by atoms with Crippen molar-refractivity contribution in [2.45, 2.75) is 18.7 Å². The predicted octanol–water partition coefficient (Wildman–Crippen LogP) is 1.87. The Bertz CT molecular complexity index is 574. The van der Waals surface area contributed by atoms with Crippen LogP contribution in [0.25, 0.3) is 0 Å². The smallest absolute Gasteiger partial charge is 0.242 e. The lowest BCUT2D eigenvalue weighted by atomic mass is 9.96. The Kier molecular flexibility index (Phi) is 5.08. The third-order valence-corrected chi connectivity index (χ3v) is 4.84. The molecule has 0 aliphatic heterocycles. The molecule has 1 aromatic rings. The lowest BCUT2D eigenvalue weighted by Gasteiger charge is -2.22. The molecule has 0 radical (unpaired) electrons. The van der Waals surface area contributed by atoms with Gasteiger partial charge in [0.05, 0.1) is 15.7 Å². The molecule has 0 aliphatic carbocycles. The molecule has 5 nitrogen and oxygen atoms in total. The second kappa shape index (κ2) is 5.85. The number of aliphatic hydroxyl groups excluding tert-OH is 1. The van der Waals surface area contributed by atoms with Gasteiger partial charge in [0.25, 0.3) is 0 Å². The zero-order valence-electron chi connectivity index (χ0n) is 10.6. The number of hydrogen-bond donors (Lipinski definition) is 3. The molecule has 0 heterocycles. The highest BCUT2D eigenvalue weighted by Crippen LogP contribution is 2.33. The number of benzene rings is 1. The monoisotopic (exact) mass is 326 g/mol. The van der Waals surface area contributed by atoms with E-state index in [-0.39, 0.29) is 33.8 Å². The average molecular weight is 327 g/mol. The Morgan fingerprint density at radius 1 is 1.37 bits per heavy atom. The zero-order valence-corrected chi connectivity index (χ0v) is 12.9. The molecule has 0 unspecified atom stereocenters. The van der Waals surface area contributed by atoms with Crippen LogP contribution in [0.1, 0.15) is 13.8 Å². The van der Waals surface area contributed by atoms with Crippen LogP contribution in [0, 0.1) is 5.41 Å². The summed E-state index contributed by atoms with van der Waals surface area (Å²) in [6, 6.07) is 2.66. The minimum atomic E-state index is -3.81. The van der Waals surface area contributed by atoms with Gasteiger partial charge >= 0.3 is 0 Å². The summed E-state index contributed by atoms with van der Waals surface area (Å²) in [5, 5.41) is 9.18. The molecule has 0 bridgehead atoms. The Morgan fingerprint density at radius 2 is 1.95 bits per heavy atom. The topological polar surface area (TPSA) is 92.4 Å². The van der Waals surface area contributed by atoms with Gasteiger partial charge in [0.15, 0.2) is 0 Å². The Hall–Kier alpha value is -0.530. The molecule has 0 atom stereocenters. The molecule has 0 aliphatic rings. The Labute approximate surface area is 122 Å². The quantitative estimate of drug-likeness (QED) is 0.720. The Morgan fingerprint density at radius 3 is 2.47 bits per heavy atom. The van der Waals surface area contributed by atoms with Crippen LogP contribution >= 0.6 is 23.2 Å². The van der Waals surface area contributed by atoms with Crippen LogP contribution in [-0.4, -0.2) is 26.7 Å². The summed E-state index contributed by atoms with van der Waals surface area (Å²) < 4.78 is 26.6. The summed E-state index contributed by atoms with van der Waals surface area (Å²) in [6.07, 6.45) is 0. The van der Waals surface area contributed by atoms with E-state index in [2.05, 4.69) is 4.72 Å². The fraction of sp³-hybridized carbons (Fsp3) is 0.455. The van der Waals surface area contributed by atoms with E-state index in [0.717, 1.165) is 0 Å². The van der Waals surface area contributed by atoms with E-state index in [1.165, 1.54) is 12.1 Å².